The van der Waals surface area contributed by atoms with Crippen LogP contribution >= 0.6 is 11.3 Å². The molecule has 0 aliphatic rings. The van der Waals surface area contributed by atoms with E-state index in [4.69, 9.17) is 0 Å². The number of rotatable bonds is 11. The van der Waals surface area contributed by atoms with Gasteiger partial charge in [-0.3, -0.25) is 0 Å². The number of thiophene rings is 1. The molecule has 0 radical (unpaired) electrons. The lowest BCUT2D eigenvalue weighted by molar-refractivity contribution is 1.12. The second kappa shape index (κ2) is 24.9. The van der Waals surface area contributed by atoms with Crippen LogP contribution in [0.5, 0.6) is 0 Å². The van der Waals surface area contributed by atoms with Gasteiger partial charge in [0.05, 0.1) is 55.2 Å². The van der Waals surface area contributed by atoms with Crippen molar-refractivity contribution in [3.05, 3.63) is 401 Å². The van der Waals surface area contributed by atoms with Crippen LogP contribution < -0.4 is 0 Å². The third kappa shape index (κ3) is 9.92. The largest absolute Gasteiger partial charge is 0.317 e. The van der Waals surface area contributed by atoms with Crippen molar-refractivity contribution in [1.29, 1.82) is 0 Å². The molecule has 17 aromatic carbocycles. The van der Waals surface area contributed by atoms with Gasteiger partial charge in [0.2, 0.25) is 0 Å². The summed E-state index contributed by atoms with van der Waals surface area (Å²) < 4.78 is 17.0. The lowest BCUT2D eigenvalue weighted by atomic mass is 9.93. The minimum atomic E-state index is 1.10. The summed E-state index contributed by atoms with van der Waals surface area (Å²) in [5.41, 5.74) is 30.3. The van der Waals surface area contributed by atoms with Crippen molar-refractivity contribution in [3.8, 4) is 89.8 Å². The monoisotopic (exact) mass is 1450 g/mol. The lowest BCUT2D eigenvalue weighted by Crippen LogP contribution is -1.95. The van der Waals surface area contributed by atoms with E-state index in [1.54, 1.807) is 0 Å². The number of hydrogen-bond donors (Lipinski definition) is 0. The van der Waals surface area contributed by atoms with Gasteiger partial charge in [0.25, 0.3) is 0 Å². The van der Waals surface area contributed by atoms with Crippen LogP contribution in [-0.2, 0) is 0 Å². The number of hydrogen-bond acceptors (Lipinski definition) is 1. The summed E-state index contributed by atoms with van der Waals surface area (Å²) in [5, 5.41) is 14.7. The summed E-state index contributed by atoms with van der Waals surface area (Å²) >= 11 is 1.86. The number of aromatic nitrogens is 6. The van der Waals surface area contributed by atoms with Crippen LogP contribution in [0.3, 0.4) is 0 Å². The molecule has 0 saturated heterocycles. The van der Waals surface area contributed by atoms with Gasteiger partial charge in [0, 0.05) is 121 Å². The van der Waals surface area contributed by atoms with Gasteiger partial charge in [-0.1, -0.05) is 194 Å². The maximum absolute atomic E-state index is 2.49. The van der Waals surface area contributed by atoms with Crippen LogP contribution in [0.15, 0.2) is 401 Å². The average molecular weight is 1460 g/mol. The Hall–Kier alpha value is -14.8. The predicted octanol–water partition coefficient (Wildman–Crippen LogP) is 28.7. The Bertz CT molecular complexity index is 8040. The van der Waals surface area contributed by atoms with Crippen molar-refractivity contribution in [3.63, 3.8) is 0 Å². The molecular weight excluding hydrogens is 1390 g/mol. The molecule has 24 rings (SSSR count). The molecule has 0 fully saturated rings. The Morgan fingerprint density at radius 1 is 0.168 bits per heavy atom. The van der Waals surface area contributed by atoms with Crippen molar-refractivity contribution in [2.45, 2.75) is 0 Å². The third-order valence-corrected chi connectivity index (χ3v) is 25.0. The summed E-state index contributed by atoms with van der Waals surface area (Å²) in [5.74, 6) is 0. The van der Waals surface area contributed by atoms with Gasteiger partial charge in [0.1, 0.15) is 0 Å². The smallest absolute Gasteiger partial charge is 0.0553 e. The lowest BCUT2D eigenvalue weighted by Gasteiger charge is -2.12. The van der Waals surface area contributed by atoms with E-state index in [0.717, 1.165) is 72.9 Å². The molecule has 0 aliphatic heterocycles. The first-order chi connectivity index (χ1) is 56.0. The van der Waals surface area contributed by atoms with Crippen LogP contribution in [0.25, 0.3) is 219 Å². The topological polar surface area (TPSA) is 29.6 Å². The Balaban J connectivity index is 0.596. The Labute approximate surface area is 653 Å². The van der Waals surface area contributed by atoms with E-state index >= 15 is 0 Å². The van der Waals surface area contributed by atoms with Gasteiger partial charge in [0.15, 0.2) is 0 Å². The number of fused-ring (bicyclic) bond motifs is 17. The van der Waals surface area contributed by atoms with E-state index in [9.17, 15) is 0 Å². The van der Waals surface area contributed by atoms with Crippen molar-refractivity contribution >= 4 is 141 Å². The summed E-state index contributed by atoms with van der Waals surface area (Å²) in [7, 11) is 0. The highest BCUT2D eigenvalue weighted by atomic mass is 32.1. The summed E-state index contributed by atoms with van der Waals surface area (Å²) in [6.07, 6.45) is 4.41. The second-order valence-electron chi connectivity index (χ2n) is 30.0. The number of nitrogens with zero attached hydrogens (tertiary/aromatic N) is 6. The zero-order valence-corrected chi connectivity index (χ0v) is 62.0. The van der Waals surface area contributed by atoms with Crippen molar-refractivity contribution in [2.75, 3.05) is 0 Å². The quantitative estimate of drug-likeness (QED) is 0.124. The Morgan fingerprint density at radius 2 is 0.549 bits per heavy atom. The molecule has 0 aliphatic carbocycles. The van der Waals surface area contributed by atoms with E-state index in [1.165, 1.54) is 146 Å². The summed E-state index contributed by atoms with van der Waals surface area (Å²) in [6.45, 7) is 0. The first-order valence-corrected chi connectivity index (χ1v) is 39.6. The highest BCUT2D eigenvalue weighted by Gasteiger charge is 2.24. The first kappa shape index (κ1) is 63.2. The molecule has 0 saturated carbocycles. The SMILES string of the molecule is c1ccc(-c2cc(-c3ccccc3)c3c4cc(-c5ccc6c(c5)c5cc(-c7cccc(-n8ccc9cc(-n%10c%11ccccc%11c%11cc(-c%12ccc%13c(c%12)c%12ccccc%12n%13-c%12ccc%13c(ccn%13-c%13ccccc%13)c%12)ccc%11%10)ccc98)c7)ccc5n6-c5ccc6sc7ccccc7c6c5)ccc4n(-c4ccccc4)c3c2)cc1. The van der Waals surface area contributed by atoms with Gasteiger partial charge in [-0.05, 0) is 250 Å². The van der Waals surface area contributed by atoms with Crippen LogP contribution in [0.2, 0.25) is 0 Å². The molecule has 6 nitrogen and oxygen atoms in total. The van der Waals surface area contributed by atoms with Gasteiger partial charge < -0.3 is 27.4 Å². The van der Waals surface area contributed by atoms with E-state index < -0.39 is 0 Å². The molecule has 0 N–H and O–H groups in total. The van der Waals surface area contributed by atoms with Crippen LogP contribution in [0.4, 0.5) is 0 Å². The van der Waals surface area contributed by atoms with E-state index in [0.29, 0.717) is 0 Å². The van der Waals surface area contributed by atoms with Gasteiger partial charge in [-0.2, -0.15) is 0 Å². The molecule has 0 atom stereocenters. The normalized spacial score (nSPS) is 12.1. The first-order valence-electron chi connectivity index (χ1n) is 38.8. The summed E-state index contributed by atoms with van der Waals surface area (Å²) in [6, 6.07) is 144. The molecule has 7 heterocycles. The molecule has 24 aromatic rings. The third-order valence-electron chi connectivity index (χ3n) is 23.8. The Morgan fingerprint density at radius 3 is 1.11 bits per heavy atom. The van der Waals surface area contributed by atoms with Crippen molar-refractivity contribution in [1.82, 2.24) is 27.4 Å². The Kier molecular flexibility index (Phi) is 13.9. The highest BCUT2D eigenvalue weighted by molar-refractivity contribution is 7.25. The van der Waals surface area contributed by atoms with E-state index in [-0.39, 0.29) is 0 Å². The van der Waals surface area contributed by atoms with Crippen LogP contribution in [0.1, 0.15) is 0 Å². The van der Waals surface area contributed by atoms with Crippen molar-refractivity contribution in [2.24, 2.45) is 0 Å². The molecule has 0 spiro atoms. The zero-order chi connectivity index (χ0) is 73.9. The number of para-hydroxylation sites is 4. The van der Waals surface area contributed by atoms with Crippen molar-refractivity contribution < 1.29 is 0 Å². The van der Waals surface area contributed by atoms with E-state index in [1.807, 2.05) is 11.3 Å². The minimum Gasteiger partial charge on any atom is -0.317 e. The molecule has 526 valence electrons. The standard InChI is InChI=1S/C106H66N6S/c1-5-20-67(21-6-1)77-64-87(68-22-7-2-8-23-68)106-93-63-74(40-48-102(93)109(103(106)65-77)79-27-11-4-12-28-79)73-39-47-101-91(62-73)90-61-70(36-46-100(90)112(101)83-43-51-105-92(66-83)86-32-15-18-35-104(86)113-105)69-24-19-29-80(56-69)108-55-53-76-58-82(42-50-95(76)108)111-97-34-17-14-31-85(97)89-60-72(38-45-99(89)111)71-37-44-98-88(59-71)84-30-13-16-33-96(84)110(98)81-41-49-94-75(57-81)52-54-107(94)78-25-9-3-10-26-78/h1-66H. The maximum atomic E-state index is 2.49. The van der Waals surface area contributed by atoms with E-state index in [2.05, 4.69) is 428 Å². The van der Waals surface area contributed by atoms with Crippen LogP contribution in [0, 0.1) is 0 Å². The zero-order valence-electron chi connectivity index (χ0n) is 61.2. The molecule has 0 unspecified atom stereocenters. The fraction of sp³-hybridized carbons (Fsp3) is 0. The molecule has 0 bridgehead atoms. The molecular formula is C106H66N6S. The van der Waals surface area contributed by atoms with Crippen LogP contribution in [-0.4, -0.2) is 27.4 Å². The van der Waals surface area contributed by atoms with Gasteiger partial charge >= 0.3 is 0 Å². The molecule has 0 amide bonds. The predicted molar refractivity (Wildman–Crippen MR) is 478 cm³/mol. The number of benzene rings is 17. The summed E-state index contributed by atoms with van der Waals surface area (Å²) in [4.78, 5) is 0. The second-order valence-corrected chi connectivity index (χ2v) is 31.1. The fourth-order valence-corrected chi connectivity index (χ4v) is 19.7. The van der Waals surface area contributed by atoms with Gasteiger partial charge in [-0.15, -0.1) is 11.3 Å². The minimum absolute atomic E-state index is 1.10. The highest BCUT2D eigenvalue weighted by Crippen LogP contribution is 2.47. The maximum Gasteiger partial charge on any atom is 0.0553 e. The molecule has 7 heteroatoms. The fourth-order valence-electron chi connectivity index (χ4n) is 18.6. The molecule has 113 heavy (non-hydrogen) atoms. The average Bonchev–Trinajstić information content (AvgIpc) is 1.58. The van der Waals surface area contributed by atoms with Gasteiger partial charge in [-0.25, -0.2) is 0 Å². The molecule has 7 aromatic heterocycles.